The highest BCUT2D eigenvalue weighted by Gasteiger charge is 2.70. The van der Waals surface area contributed by atoms with Crippen molar-refractivity contribution in [2.45, 2.75) is 32.0 Å². The van der Waals surface area contributed by atoms with Gasteiger partial charge in [-0.2, -0.15) is 0 Å². The van der Waals surface area contributed by atoms with Gasteiger partial charge in [-0.25, -0.2) is 4.39 Å². The molecule has 0 unspecified atom stereocenters. The number of nitrogens with zero attached hydrogens (tertiary/aromatic N) is 1. The number of halogens is 1. The standard InChI is InChI=1S/C23H22FN3O3/c1-12(2)19-17-18(23(26-19)15-5-3-4-6-16(15)25-22(23)30)21(29)27(20(17)28)11-13-7-9-14(24)10-8-13/h3-10,12,17-19,26H,11H2,1-2H3,(H,25,30)/t17-,18+,19+,23-/m0/s1. The molecule has 7 heteroatoms. The summed E-state index contributed by atoms with van der Waals surface area (Å²) < 4.78 is 13.3. The van der Waals surface area contributed by atoms with Crippen LogP contribution in [-0.4, -0.2) is 28.7 Å². The van der Waals surface area contributed by atoms with Crippen LogP contribution in [-0.2, 0) is 26.5 Å². The lowest BCUT2D eigenvalue weighted by Gasteiger charge is -2.30. The largest absolute Gasteiger partial charge is 0.324 e. The molecule has 3 aliphatic heterocycles. The van der Waals surface area contributed by atoms with Gasteiger partial charge < -0.3 is 5.32 Å². The number of nitrogens with one attached hydrogen (secondary N) is 2. The smallest absolute Gasteiger partial charge is 0.250 e. The first-order valence-electron chi connectivity index (χ1n) is 10.1. The van der Waals surface area contributed by atoms with Crippen molar-refractivity contribution in [2.75, 3.05) is 5.32 Å². The van der Waals surface area contributed by atoms with E-state index in [1.54, 1.807) is 18.2 Å². The molecule has 0 bridgehead atoms. The van der Waals surface area contributed by atoms with E-state index in [4.69, 9.17) is 0 Å². The summed E-state index contributed by atoms with van der Waals surface area (Å²) in [6, 6.07) is 12.7. The number of likely N-dealkylation sites (tertiary alicyclic amines) is 1. The highest BCUT2D eigenvalue weighted by molar-refractivity contribution is 6.15. The molecular formula is C23H22FN3O3. The van der Waals surface area contributed by atoms with E-state index in [-0.39, 0.29) is 42.0 Å². The average Bonchev–Trinajstić information content (AvgIpc) is 3.31. The van der Waals surface area contributed by atoms with E-state index in [9.17, 15) is 18.8 Å². The van der Waals surface area contributed by atoms with Gasteiger partial charge in [-0.3, -0.25) is 24.6 Å². The van der Waals surface area contributed by atoms with Crippen molar-refractivity contribution in [1.82, 2.24) is 10.2 Å². The molecule has 0 radical (unpaired) electrons. The topological polar surface area (TPSA) is 78.5 Å². The molecule has 0 aliphatic carbocycles. The van der Waals surface area contributed by atoms with Crippen LogP contribution in [0.2, 0.25) is 0 Å². The zero-order chi connectivity index (χ0) is 21.2. The Labute approximate surface area is 173 Å². The number of fused-ring (bicyclic) bond motifs is 4. The van der Waals surface area contributed by atoms with Crippen molar-refractivity contribution in [2.24, 2.45) is 17.8 Å². The molecule has 0 saturated carbocycles. The van der Waals surface area contributed by atoms with Crippen molar-refractivity contribution < 1.29 is 18.8 Å². The molecule has 3 aliphatic rings. The molecule has 30 heavy (non-hydrogen) atoms. The van der Waals surface area contributed by atoms with Crippen LogP contribution in [0.3, 0.4) is 0 Å². The lowest BCUT2D eigenvalue weighted by atomic mass is 9.76. The van der Waals surface area contributed by atoms with Crippen LogP contribution >= 0.6 is 0 Å². The van der Waals surface area contributed by atoms with Crippen LogP contribution in [0, 0.1) is 23.6 Å². The summed E-state index contributed by atoms with van der Waals surface area (Å²) in [6.07, 6.45) is 0. The number of carbonyl (C=O) groups excluding carboxylic acids is 3. The lowest BCUT2D eigenvalue weighted by molar-refractivity contribution is -0.143. The zero-order valence-electron chi connectivity index (χ0n) is 16.7. The number of anilines is 1. The third-order valence-electron chi connectivity index (χ3n) is 6.62. The van der Waals surface area contributed by atoms with Gasteiger partial charge in [-0.15, -0.1) is 0 Å². The maximum Gasteiger partial charge on any atom is 0.250 e. The normalized spacial score (nSPS) is 29.7. The van der Waals surface area contributed by atoms with Crippen LogP contribution in [0.5, 0.6) is 0 Å². The van der Waals surface area contributed by atoms with Gasteiger partial charge in [0.1, 0.15) is 11.4 Å². The summed E-state index contributed by atoms with van der Waals surface area (Å²) in [7, 11) is 0. The van der Waals surface area contributed by atoms with E-state index in [1.807, 2.05) is 32.0 Å². The minimum atomic E-state index is -1.26. The number of amides is 3. The Morgan fingerprint density at radius 2 is 1.73 bits per heavy atom. The van der Waals surface area contributed by atoms with Gasteiger partial charge in [0.05, 0.1) is 18.4 Å². The maximum absolute atomic E-state index is 13.6. The van der Waals surface area contributed by atoms with E-state index in [1.165, 1.54) is 17.0 Å². The molecule has 4 atom stereocenters. The van der Waals surface area contributed by atoms with Crippen LogP contribution in [0.4, 0.5) is 10.1 Å². The fourth-order valence-electron chi connectivity index (χ4n) is 5.25. The van der Waals surface area contributed by atoms with Gasteiger partial charge in [0.15, 0.2) is 0 Å². The molecule has 6 nitrogen and oxygen atoms in total. The molecule has 2 aromatic carbocycles. The van der Waals surface area contributed by atoms with Crippen molar-refractivity contribution in [3.05, 3.63) is 65.5 Å². The second-order valence-corrected chi connectivity index (χ2v) is 8.61. The predicted octanol–water partition coefficient (Wildman–Crippen LogP) is 2.40. The minimum absolute atomic E-state index is 0.0416. The molecule has 154 valence electrons. The molecule has 2 N–H and O–H groups in total. The molecule has 2 saturated heterocycles. The monoisotopic (exact) mass is 407 g/mol. The molecule has 5 rings (SSSR count). The molecule has 3 heterocycles. The SMILES string of the molecule is CC(C)[C@H]1N[C@]2(C(=O)Nc3ccccc32)[C@H]2C(=O)N(Cc3ccc(F)cc3)C(=O)[C@H]12. The first-order chi connectivity index (χ1) is 14.3. The first-order valence-corrected chi connectivity index (χ1v) is 10.1. The maximum atomic E-state index is 13.6. The number of hydrogen-bond acceptors (Lipinski definition) is 4. The number of hydrogen-bond donors (Lipinski definition) is 2. The summed E-state index contributed by atoms with van der Waals surface area (Å²) in [4.78, 5) is 41.4. The predicted molar refractivity (Wildman–Crippen MR) is 107 cm³/mol. The fraction of sp³-hybridized carbons (Fsp3) is 0.348. The van der Waals surface area contributed by atoms with E-state index in [0.717, 1.165) is 0 Å². The summed E-state index contributed by atoms with van der Waals surface area (Å²) in [5.74, 6) is -2.73. The number of para-hydroxylation sites is 1. The second-order valence-electron chi connectivity index (χ2n) is 8.61. The number of carbonyl (C=O) groups is 3. The van der Waals surface area contributed by atoms with Gasteiger partial charge in [0.2, 0.25) is 17.7 Å². The Balaban J connectivity index is 1.59. The Morgan fingerprint density at radius 1 is 1.03 bits per heavy atom. The summed E-state index contributed by atoms with van der Waals surface area (Å²) in [5.41, 5.74) is 0.770. The Hall–Kier alpha value is -3.06. The van der Waals surface area contributed by atoms with Gasteiger partial charge in [-0.1, -0.05) is 44.2 Å². The molecular weight excluding hydrogens is 385 g/mol. The fourth-order valence-corrected chi connectivity index (χ4v) is 5.25. The highest BCUT2D eigenvalue weighted by atomic mass is 19.1. The van der Waals surface area contributed by atoms with Crippen molar-refractivity contribution in [3.63, 3.8) is 0 Å². The molecule has 2 fully saturated rings. The zero-order valence-corrected chi connectivity index (χ0v) is 16.7. The lowest BCUT2D eigenvalue weighted by Crippen LogP contribution is -2.53. The molecule has 1 spiro atoms. The van der Waals surface area contributed by atoms with Gasteiger partial charge in [0.25, 0.3) is 0 Å². The third kappa shape index (κ3) is 2.41. The number of rotatable bonds is 3. The number of benzene rings is 2. The van der Waals surface area contributed by atoms with Crippen LogP contribution in [0.25, 0.3) is 0 Å². The minimum Gasteiger partial charge on any atom is -0.324 e. The van der Waals surface area contributed by atoms with Crippen molar-refractivity contribution in [3.8, 4) is 0 Å². The summed E-state index contributed by atoms with van der Waals surface area (Å²) in [5, 5.41) is 6.28. The van der Waals surface area contributed by atoms with Crippen molar-refractivity contribution >= 4 is 23.4 Å². The third-order valence-corrected chi connectivity index (χ3v) is 6.62. The van der Waals surface area contributed by atoms with Gasteiger partial charge in [-0.05, 0) is 29.7 Å². The first kappa shape index (κ1) is 18.9. The molecule has 0 aromatic heterocycles. The van der Waals surface area contributed by atoms with Gasteiger partial charge in [0, 0.05) is 17.3 Å². The highest BCUT2D eigenvalue weighted by Crippen LogP contribution is 2.53. The van der Waals surface area contributed by atoms with Crippen LogP contribution in [0.15, 0.2) is 48.5 Å². The summed E-state index contributed by atoms with van der Waals surface area (Å²) in [6.45, 7) is 4.02. The quantitative estimate of drug-likeness (QED) is 0.766. The Bertz CT molecular complexity index is 1070. The molecule has 3 amide bonds. The van der Waals surface area contributed by atoms with E-state index in [2.05, 4.69) is 10.6 Å². The van der Waals surface area contributed by atoms with E-state index < -0.39 is 17.4 Å². The Kier molecular flexibility index (Phi) is 4.08. The Morgan fingerprint density at radius 3 is 2.43 bits per heavy atom. The van der Waals surface area contributed by atoms with E-state index in [0.29, 0.717) is 16.8 Å². The number of imide groups is 1. The average molecular weight is 407 g/mol. The van der Waals surface area contributed by atoms with Gasteiger partial charge >= 0.3 is 0 Å². The van der Waals surface area contributed by atoms with Crippen molar-refractivity contribution in [1.29, 1.82) is 0 Å². The van der Waals surface area contributed by atoms with E-state index >= 15 is 0 Å². The molecule has 2 aromatic rings. The summed E-state index contributed by atoms with van der Waals surface area (Å²) >= 11 is 0. The second kappa shape index (κ2) is 6.47. The van der Waals surface area contributed by atoms with Crippen LogP contribution in [0.1, 0.15) is 25.0 Å². The van der Waals surface area contributed by atoms with Crippen LogP contribution < -0.4 is 10.6 Å².